The third-order valence-corrected chi connectivity index (χ3v) is 25.2. The molecule has 0 radical (unpaired) electrons. The monoisotopic (exact) mass is 1830 g/mol. The van der Waals surface area contributed by atoms with E-state index in [2.05, 4.69) is 46.1 Å². The van der Waals surface area contributed by atoms with E-state index in [1.54, 1.807) is 0 Å². The average Bonchev–Trinajstić information content (AvgIpc) is 0.709. The summed E-state index contributed by atoms with van der Waals surface area (Å²) in [6.45, 7) is 6.70. The quantitative estimate of drug-likeness (QED) is 0.00326. The number of nitrogens with one attached hydrogen (secondary N) is 2. The van der Waals surface area contributed by atoms with Gasteiger partial charge in [0.25, 0.3) is 0 Å². The van der Waals surface area contributed by atoms with Crippen LogP contribution >= 0.6 is 0 Å². The minimum Gasteiger partial charge on any atom is -0.744 e. The van der Waals surface area contributed by atoms with Gasteiger partial charge in [0.05, 0.1) is 78.4 Å². The molecule has 48 heteroatoms. The molecule has 40 nitrogen and oxygen atoms in total. The molecule has 8 aromatic rings. The lowest BCUT2D eigenvalue weighted by Gasteiger charge is -2.23. The summed E-state index contributed by atoms with van der Waals surface area (Å²) in [6, 6.07) is 8.54. The maximum Gasteiger partial charge on any atom is 0.360 e. The van der Waals surface area contributed by atoms with Gasteiger partial charge in [-0.2, -0.15) is 10.2 Å². The lowest BCUT2D eigenvalue weighted by atomic mass is 9.94. The van der Waals surface area contributed by atoms with Crippen molar-refractivity contribution in [1.82, 2.24) is 0 Å². The summed E-state index contributed by atoms with van der Waals surface area (Å²) in [7, 11) is -43.2. The highest BCUT2D eigenvalue weighted by Crippen LogP contribution is 2.46. The Labute approximate surface area is 690 Å². The Morgan fingerprint density at radius 2 is 0.305 bits per heavy atom. The fourth-order valence-corrected chi connectivity index (χ4v) is 18.6. The Hall–Kier alpha value is -7.06. The minimum absolute atomic E-state index is 0. The maximum atomic E-state index is 11.8. The second kappa shape index (κ2) is 53.0. The van der Waals surface area contributed by atoms with Gasteiger partial charge in [-0.3, -0.25) is 34.6 Å². The third kappa shape index (κ3) is 36.7. The van der Waals surface area contributed by atoms with Gasteiger partial charge in [0, 0.05) is 43.1 Å². The Balaban J connectivity index is 0.00000147. The molecule has 36 N–H and O–H groups in total. The molecule has 0 saturated carbocycles. The van der Waals surface area contributed by atoms with Gasteiger partial charge in [-0.1, -0.05) is 164 Å². The molecule has 0 spiro atoms. The van der Waals surface area contributed by atoms with Crippen LogP contribution in [0.2, 0.25) is 0 Å². The van der Waals surface area contributed by atoms with Gasteiger partial charge >= 0.3 is 11.9 Å². The van der Waals surface area contributed by atoms with Crippen molar-refractivity contribution < 1.29 is 159 Å². The Bertz CT molecular complexity index is 4520. The van der Waals surface area contributed by atoms with Crippen molar-refractivity contribution in [3.63, 3.8) is 0 Å². The fraction of sp³-hybridized carbons (Fsp3) is 0.514. The average molecular weight is 1830 g/mol. The first-order chi connectivity index (χ1) is 54.1. The van der Waals surface area contributed by atoms with E-state index >= 15 is 0 Å². The second-order valence-corrected chi connectivity index (χ2v) is 38.0. The Morgan fingerprint density at radius 1 is 0.220 bits per heavy atom. The number of hydrazine groups is 2. The largest absolute Gasteiger partial charge is 0.744 e. The van der Waals surface area contributed by atoms with Gasteiger partial charge < -0.3 is 81.8 Å². The van der Waals surface area contributed by atoms with Gasteiger partial charge in [-0.25, -0.2) is 67.3 Å². The summed E-state index contributed by atoms with van der Waals surface area (Å²) >= 11 is 0. The van der Waals surface area contributed by atoms with E-state index in [4.69, 9.17) is 22.9 Å². The zero-order valence-electron chi connectivity index (χ0n) is 66.2. The van der Waals surface area contributed by atoms with Crippen molar-refractivity contribution in [3.05, 3.63) is 72.8 Å². The highest BCUT2D eigenvalue weighted by atomic mass is 32.2. The summed E-state index contributed by atoms with van der Waals surface area (Å²) in [4.78, 5) is -9.25. The molecule has 0 unspecified atom stereocenters. The molecular weight excluding hydrogens is 1710 g/mol. The summed E-state index contributed by atoms with van der Waals surface area (Å²) in [5.74, 6) is 9.33. The van der Waals surface area contributed by atoms with E-state index in [1.165, 1.54) is 193 Å². The van der Waals surface area contributed by atoms with Gasteiger partial charge in [0.15, 0.2) is 0 Å². The molecule has 0 fully saturated rings. The van der Waals surface area contributed by atoms with Crippen LogP contribution in [0.4, 0.5) is 0 Å². The lowest BCUT2D eigenvalue weighted by Crippen LogP contribution is -2.84. The standard InChI is InChI=1S/2C16H10O12S4.3C12H28N2.2CH6N4.2H2O/c2*17-29(18,19)11-5-13(31(23,24)25)9-3-4-10-14(32(26,27)28)6-12(30(20,21)22)8-2-1-7(11)15(9)16(8)10;3*13-11-9-7-5-3-1-2-4-6-8-10-12-14;2*2-1(3)5-4;;/h2*1-6H,(H,17,18,19)(H,20,21,22)(H,23,24,25)(H,26,27,28);3*1-14H2;2*4H2,(H4,2,3,5);2*1H2. The molecule has 118 heavy (non-hydrogen) atoms. The predicted octanol–water partition coefficient (Wildman–Crippen LogP) is -4.71. The molecule has 0 aromatic heterocycles. The zero-order chi connectivity index (χ0) is 88.1. The van der Waals surface area contributed by atoms with Crippen molar-refractivity contribution >= 4 is 157 Å². The molecular formula is C70H120N14O26S8. The summed E-state index contributed by atoms with van der Waals surface area (Å²) in [6.07, 6.45) is 42.2. The van der Waals surface area contributed by atoms with Gasteiger partial charge in [-0.05, 0) is 123 Å². The molecule has 0 heterocycles. The molecule has 0 atom stereocenters. The fourth-order valence-electron chi connectivity index (χ4n) is 12.7. The highest BCUT2D eigenvalue weighted by molar-refractivity contribution is 7.88. The topological polar surface area (TPSA) is 870 Å². The number of nitrogens with two attached hydrogens (primary N) is 6. The Morgan fingerprint density at radius 3 is 0.373 bits per heavy atom. The maximum absolute atomic E-state index is 11.8. The summed E-state index contributed by atoms with van der Waals surface area (Å²) in [5.41, 5.74) is 42.1. The van der Waals surface area contributed by atoms with Crippen LogP contribution in [-0.4, -0.2) is 166 Å². The van der Waals surface area contributed by atoms with E-state index < -0.39 is 185 Å². The van der Waals surface area contributed by atoms with Crippen molar-refractivity contribution in [3.8, 4) is 0 Å². The van der Waals surface area contributed by atoms with Crippen LogP contribution in [0.1, 0.15) is 193 Å². The van der Waals surface area contributed by atoms with Crippen LogP contribution in [-0.2, 0) is 80.9 Å². The minimum atomic E-state index is -5.40. The van der Waals surface area contributed by atoms with Gasteiger partial charge in [0.1, 0.15) is 80.9 Å². The first kappa shape index (κ1) is 111. The molecule has 8 aromatic carbocycles. The number of hydrogen-bond donors (Lipinski definition) is 14. The number of hydrazone groups is 2. The van der Waals surface area contributed by atoms with Crippen LogP contribution in [0.25, 0.3) is 64.6 Å². The molecule has 674 valence electrons. The molecule has 8 rings (SSSR count). The van der Waals surface area contributed by atoms with E-state index in [1.807, 2.05) is 10.2 Å². The summed E-state index contributed by atoms with van der Waals surface area (Å²) < 4.78 is 282. The van der Waals surface area contributed by atoms with Crippen molar-refractivity contribution in [2.75, 3.05) is 39.3 Å². The van der Waals surface area contributed by atoms with E-state index in [0.29, 0.717) is 24.3 Å². The number of guanidine groups is 2. The lowest BCUT2D eigenvalue weighted by molar-refractivity contribution is -0.471. The molecule has 0 amide bonds. The molecule has 0 bridgehead atoms. The number of quaternary nitrogens is 6. The number of unbranched alkanes of at least 4 members (excludes halogenated alkanes) is 27. The van der Waals surface area contributed by atoms with E-state index in [9.17, 15) is 104 Å². The van der Waals surface area contributed by atoms with Crippen molar-refractivity contribution in [1.29, 1.82) is 0 Å². The number of rotatable bonds is 41. The number of benzene rings is 8. The molecule has 0 aliphatic carbocycles. The SMILES string of the molecule is N[NH+]=C(N)N.N[NH+]=C(N)N.O.O.O=S(=O)([O-])c1cc(S(=O)(=O)[O-])c2ccc3c(S(=O)(=O)[O-])cc(S(=O)(=O)[O-])c4ccc1c2c43.O=S(=O)([O-])c1cc(S(=O)(=O)[O-])c2ccc3c(S(=O)(=O)[O-])cc(S(=O)(=O)[O-])c4ccc1c2c43.[NH3+]CCCCCCCCCCCC[NH3+].[NH3+]CCCCCCCCCCCC[NH3+].[NH3+]CCCCCCCCCCCC[NH3+]. The molecule has 0 saturated heterocycles. The van der Waals surface area contributed by atoms with Crippen molar-refractivity contribution in [2.24, 2.45) is 34.6 Å². The van der Waals surface area contributed by atoms with Gasteiger partial charge in [-0.15, -0.1) is 0 Å². The van der Waals surface area contributed by atoms with Crippen LogP contribution in [0.15, 0.2) is 112 Å². The number of hydrogen-bond acceptors (Lipinski definition) is 26. The third-order valence-electron chi connectivity index (χ3n) is 18.2. The second-order valence-electron chi connectivity index (χ2n) is 27.2. The first-order valence-corrected chi connectivity index (χ1v) is 49.1. The highest BCUT2D eigenvalue weighted by Gasteiger charge is 2.27. The molecule has 0 aliphatic rings. The Kier molecular flexibility index (Phi) is 49.8. The molecule has 0 aliphatic heterocycles. The summed E-state index contributed by atoms with van der Waals surface area (Å²) in [5, 5.41) is -1.81. The van der Waals surface area contributed by atoms with E-state index in [-0.39, 0.29) is 22.9 Å². The zero-order valence-corrected chi connectivity index (χ0v) is 72.7. The van der Waals surface area contributed by atoms with Gasteiger partial charge in [0.2, 0.25) is 0 Å². The van der Waals surface area contributed by atoms with Crippen LogP contribution in [0.5, 0.6) is 0 Å². The first-order valence-electron chi connectivity index (χ1n) is 37.8. The van der Waals surface area contributed by atoms with Crippen LogP contribution in [0.3, 0.4) is 0 Å². The normalized spacial score (nSPS) is 11.9. The van der Waals surface area contributed by atoms with Crippen LogP contribution in [0, 0.1) is 0 Å². The van der Waals surface area contributed by atoms with E-state index in [0.717, 1.165) is 87.8 Å². The smallest absolute Gasteiger partial charge is 0.360 e. The predicted molar refractivity (Wildman–Crippen MR) is 433 cm³/mol. The van der Waals surface area contributed by atoms with Crippen LogP contribution < -0.4 is 79.2 Å². The van der Waals surface area contributed by atoms with Crippen molar-refractivity contribution in [2.45, 2.75) is 232 Å².